The van der Waals surface area contributed by atoms with Crippen molar-refractivity contribution in [2.75, 3.05) is 0 Å². The Morgan fingerprint density at radius 2 is 1.79 bits per heavy atom. The van der Waals surface area contributed by atoms with Crippen LogP contribution in [0.15, 0.2) is 30.3 Å². The van der Waals surface area contributed by atoms with Crippen molar-refractivity contribution < 1.29 is 0 Å². The molecular formula is C14H20. The van der Waals surface area contributed by atoms with Gasteiger partial charge in [0.05, 0.1) is 0 Å². The van der Waals surface area contributed by atoms with Crippen LogP contribution in [0.1, 0.15) is 45.1 Å². The molecule has 0 nitrogen and oxygen atoms in total. The molecule has 0 aliphatic heterocycles. The van der Waals surface area contributed by atoms with Crippen molar-refractivity contribution >= 4 is 0 Å². The molecule has 0 N–H and O–H groups in total. The normalized spacial score (nSPS) is 26.2. The van der Waals surface area contributed by atoms with Gasteiger partial charge in [0.1, 0.15) is 0 Å². The van der Waals surface area contributed by atoms with Crippen molar-refractivity contribution in [2.45, 2.75) is 39.5 Å². The summed E-state index contributed by atoms with van der Waals surface area (Å²) in [6.07, 6.45) is 2.77. The molecule has 1 fully saturated rings. The topological polar surface area (TPSA) is 0 Å². The van der Waals surface area contributed by atoms with E-state index in [0.717, 1.165) is 11.8 Å². The highest BCUT2D eigenvalue weighted by atomic mass is 14.4. The third-order valence-electron chi connectivity index (χ3n) is 3.02. The Bertz CT molecular complexity index is 292. The molecule has 0 heterocycles. The van der Waals surface area contributed by atoms with Crippen molar-refractivity contribution in [3.05, 3.63) is 35.9 Å². The fraction of sp³-hybridized carbons (Fsp3) is 0.571. The molecule has 0 saturated heterocycles. The standard InChI is InChI=1S/C14H20/c1-14(2,3)10-12-9-13(12)11-7-5-4-6-8-11/h4-8,12-13H,9-10H2,1-3H3. The van der Waals surface area contributed by atoms with Gasteiger partial charge in [0, 0.05) is 0 Å². The predicted molar refractivity (Wildman–Crippen MR) is 61.4 cm³/mol. The van der Waals surface area contributed by atoms with E-state index in [1.165, 1.54) is 12.8 Å². The first kappa shape index (κ1) is 9.76. The first-order chi connectivity index (χ1) is 6.56. The van der Waals surface area contributed by atoms with E-state index in [1.54, 1.807) is 5.56 Å². The summed E-state index contributed by atoms with van der Waals surface area (Å²) in [5.41, 5.74) is 2.04. The van der Waals surface area contributed by atoms with Gasteiger partial charge in [-0.15, -0.1) is 0 Å². The van der Waals surface area contributed by atoms with E-state index in [0.29, 0.717) is 5.41 Å². The van der Waals surface area contributed by atoms with Gasteiger partial charge in [0.15, 0.2) is 0 Å². The lowest BCUT2D eigenvalue weighted by Crippen LogP contribution is -2.06. The third-order valence-corrected chi connectivity index (χ3v) is 3.02. The average molecular weight is 188 g/mol. The zero-order valence-electron chi connectivity index (χ0n) is 9.46. The molecular weight excluding hydrogens is 168 g/mol. The van der Waals surface area contributed by atoms with Gasteiger partial charge in [-0.2, -0.15) is 0 Å². The van der Waals surface area contributed by atoms with Crippen LogP contribution in [-0.2, 0) is 0 Å². The largest absolute Gasteiger partial charge is 0.0622 e. The zero-order chi connectivity index (χ0) is 10.2. The van der Waals surface area contributed by atoms with Crippen molar-refractivity contribution in [3.63, 3.8) is 0 Å². The lowest BCUT2D eigenvalue weighted by molar-refractivity contribution is 0.350. The smallest absolute Gasteiger partial charge is 0.0130 e. The molecule has 0 heteroatoms. The SMILES string of the molecule is CC(C)(C)CC1CC1c1ccccc1. The Labute approximate surface area is 87.3 Å². The first-order valence-electron chi connectivity index (χ1n) is 5.61. The number of hydrogen-bond donors (Lipinski definition) is 0. The number of hydrogen-bond acceptors (Lipinski definition) is 0. The van der Waals surface area contributed by atoms with E-state index in [4.69, 9.17) is 0 Å². The summed E-state index contributed by atoms with van der Waals surface area (Å²) < 4.78 is 0. The van der Waals surface area contributed by atoms with E-state index in [9.17, 15) is 0 Å². The molecule has 1 aromatic rings. The number of benzene rings is 1. The van der Waals surface area contributed by atoms with Gasteiger partial charge in [0.2, 0.25) is 0 Å². The van der Waals surface area contributed by atoms with Crippen LogP contribution >= 0.6 is 0 Å². The van der Waals surface area contributed by atoms with Crippen molar-refractivity contribution in [1.29, 1.82) is 0 Å². The molecule has 1 saturated carbocycles. The van der Waals surface area contributed by atoms with Crippen molar-refractivity contribution in [1.82, 2.24) is 0 Å². The molecule has 0 radical (unpaired) electrons. The molecule has 0 spiro atoms. The Morgan fingerprint density at radius 1 is 1.14 bits per heavy atom. The van der Waals surface area contributed by atoms with Gasteiger partial charge < -0.3 is 0 Å². The second-order valence-corrected chi connectivity index (χ2v) is 5.78. The van der Waals surface area contributed by atoms with Gasteiger partial charge in [-0.25, -0.2) is 0 Å². The highest BCUT2D eigenvalue weighted by Gasteiger charge is 2.39. The van der Waals surface area contributed by atoms with Crippen LogP contribution in [0.4, 0.5) is 0 Å². The van der Waals surface area contributed by atoms with E-state index < -0.39 is 0 Å². The van der Waals surface area contributed by atoms with Crippen molar-refractivity contribution in [2.24, 2.45) is 11.3 Å². The third kappa shape index (κ3) is 2.37. The van der Waals surface area contributed by atoms with E-state index in [2.05, 4.69) is 51.1 Å². The Balaban J connectivity index is 1.94. The van der Waals surface area contributed by atoms with Crippen LogP contribution in [0.3, 0.4) is 0 Å². The molecule has 2 rings (SSSR count). The molecule has 2 unspecified atom stereocenters. The van der Waals surface area contributed by atoms with Crippen LogP contribution in [-0.4, -0.2) is 0 Å². The van der Waals surface area contributed by atoms with Crippen LogP contribution in [0, 0.1) is 11.3 Å². The van der Waals surface area contributed by atoms with E-state index in [-0.39, 0.29) is 0 Å². The summed E-state index contributed by atoms with van der Waals surface area (Å²) in [6.45, 7) is 7.02. The molecule has 0 aromatic heterocycles. The van der Waals surface area contributed by atoms with E-state index >= 15 is 0 Å². The second kappa shape index (κ2) is 3.42. The summed E-state index contributed by atoms with van der Waals surface area (Å²) in [6, 6.07) is 11.0. The molecule has 0 bridgehead atoms. The Hall–Kier alpha value is -0.780. The summed E-state index contributed by atoms with van der Waals surface area (Å²) in [7, 11) is 0. The molecule has 0 amide bonds. The maximum atomic E-state index is 2.34. The fourth-order valence-electron chi connectivity index (χ4n) is 2.37. The van der Waals surface area contributed by atoms with Gasteiger partial charge in [-0.3, -0.25) is 0 Å². The minimum absolute atomic E-state index is 0.494. The monoisotopic (exact) mass is 188 g/mol. The highest BCUT2D eigenvalue weighted by molar-refractivity contribution is 5.25. The van der Waals surface area contributed by atoms with Crippen LogP contribution < -0.4 is 0 Å². The summed E-state index contributed by atoms with van der Waals surface area (Å²) in [4.78, 5) is 0. The summed E-state index contributed by atoms with van der Waals surface area (Å²) in [5.74, 6) is 1.80. The minimum Gasteiger partial charge on any atom is -0.0622 e. The van der Waals surface area contributed by atoms with Gasteiger partial charge in [0.25, 0.3) is 0 Å². The molecule has 1 aromatic carbocycles. The van der Waals surface area contributed by atoms with Gasteiger partial charge in [-0.05, 0) is 35.7 Å². The quantitative estimate of drug-likeness (QED) is 0.651. The van der Waals surface area contributed by atoms with Crippen LogP contribution in [0.2, 0.25) is 0 Å². The van der Waals surface area contributed by atoms with Crippen molar-refractivity contribution in [3.8, 4) is 0 Å². The maximum Gasteiger partial charge on any atom is -0.0130 e. The van der Waals surface area contributed by atoms with Crippen LogP contribution in [0.5, 0.6) is 0 Å². The van der Waals surface area contributed by atoms with Gasteiger partial charge >= 0.3 is 0 Å². The zero-order valence-corrected chi connectivity index (χ0v) is 9.46. The lowest BCUT2D eigenvalue weighted by atomic mass is 9.88. The molecule has 1 aliphatic carbocycles. The summed E-state index contributed by atoms with van der Waals surface area (Å²) >= 11 is 0. The Morgan fingerprint density at radius 3 is 2.36 bits per heavy atom. The Kier molecular flexibility index (Phi) is 2.38. The molecule has 2 atom stereocenters. The second-order valence-electron chi connectivity index (χ2n) is 5.78. The molecule has 14 heavy (non-hydrogen) atoms. The number of rotatable bonds is 2. The van der Waals surface area contributed by atoms with Crippen LogP contribution in [0.25, 0.3) is 0 Å². The lowest BCUT2D eigenvalue weighted by Gasteiger charge is -2.17. The highest BCUT2D eigenvalue weighted by Crippen LogP contribution is 2.52. The average Bonchev–Trinajstić information content (AvgIpc) is 2.82. The summed E-state index contributed by atoms with van der Waals surface area (Å²) in [5, 5.41) is 0. The van der Waals surface area contributed by atoms with E-state index in [1.807, 2.05) is 0 Å². The maximum absolute atomic E-state index is 2.34. The fourth-order valence-corrected chi connectivity index (χ4v) is 2.37. The first-order valence-corrected chi connectivity index (χ1v) is 5.61. The minimum atomic E-state index is 0.494. The van der Waals surface area contributed by atoms with Gasteiger partial charge in [-0.1, -0.05) is 51.1 Å². The molecule has 1 aliphatic rings. The molecule has 76 valence electrons. The predicted octanol–water partition coefficient (Wildman–Crippen LogP) is 4.23.